The van der Waals surface area contributed by atoms with Crippen LogP contribution in [0, 0.1) is 6.92 Å². The van der Waals surface area contributed by atoms with Gasteiger partial charge in [0, 0.05) is 39.3 Å². The fourth-order valence-electron chi connectivity index (χ4n) is 5.02. The molecule has 0 aromatic heterocycles. The summed E-state index contributed by atoms with van der Waals surface area (Å²) in [7, 11) is 0. The number of carbonyl (C=O) groups is 1. The quantitative estimate of drug-likeness (QED) is 0.191. The Balaban J connectivity index is 1.80. The molecule has 3 nitrogen and oxygen atoms in total. The highest BCUT2D eigenvalue weighted by molar-refractivity contribution is 6.01. The first-order valence-corrected chi connectivity index (χ1v) is 10.9. The molecule has 0 radical (unpaired) electrons. The van der Waals surface area contributed by atoms with Gasteiger partial charge in [-0.15, -0.1) is 0 Å². The summed E-state index contributed by atoms with van der Waals surface area (Å²) in [4.78, 5) is 12.6. The Kier molecular flexibility index (Phi) is 4.70. The van der Waals surface area contributed by atoms with Crippen LogP contribution in [0.25, 0.3) is 10.8 Å². The molecule has 0 fully saturated rings. The van der Waals surface area contributed by atoms with Crippen molar-refractivity contribution in [3.8, 4) is 17.2 Å². The van der Waals surface area contributed by atoms with E-state index in [1.807, 2.05) is 36.4 Å². The van der Waals surface area contributed by atoms with Gasteiger partial charge in [-0.25, -0.2) is 4.79 Å². The number of allylic oxidation sites excluding steroid dienone is 2. The van der Waals surface area contributed by atoms with Gasteiger partial charge in [-0.05, 0) is 44.9 Å². The Labute approximate surface area is 183 Å². The maximum absolute atomic E-state index is 12.6. The van der Waals surface area contributed by atoms with Crippen molar-refractivity contribution in [3.63, 3.8) is 0 Å². The first-order valence-electron chi connectivity index (χ1n) is 10.9. The standard InChI is InChI=1S/C28H26O3/c1-5-18-14-19-15-22(18)25-24(19)27(30-20-9-7-6-8-10-20)23-13-17(4)11-12-21(23)26(25)31-28(29)16(2)3/h6-14,19,22H,2,5,15H2,1,3-4H3. The van der Waals surface area contributed by atoms with Crippen LogP contribution >= 0.6 is 0 Å². The summed E-state index contributed by atoms with van der Waals surface area (Å²) in [6.07, 6.45) is 4.39. The number of hydrogen-bond acceptors (Lipinski definition) is 3. The summed E-state index contributed by atoms with van der Waals surface area (Å²) in [6, 6.07) is 16.1. The smallest absolute Gasteiger partial charge is 0.338 e. The molecule has 2 atom stereocenters. The number of fused-ring (bicyclic) bond motifs is 6. The summed E-state index contributed by atoms with van der Waals surface area (Å²) in [6.45, 7) is 9.73. The number of carbonyl (C=O) groups excluding carboxylic acids is 1. The maximum Gasteiger partial charge on any atom is 0.338 e. The molecule has 0 spiro atoms. The molecule has 2 unspecified atom stereocenters. The SMILES string of the molecule is C=C(C)C(=O)Oc1c2c(c(Oc3ccccc3)c3cc(C)ccc13)C1C=C(CC)C2C1. The van der Waals surface area contributed by atoms with Crippen molar-refractivity contribution in [2.45, 2.75) is 45.4 Å². The van der Waals surface area contributed by atoms with Gasteiger partial charge in [0.15, 0.2) is 0 Å². The lowest BCUT2D eigenvalue weighted by atomic mass is 9.85. The van der Waals surface area contributed by atoms with Crippen molar-refractivity contribution in [1.82, 2.24) is 0 Å². The highest BCUT2D eigenvalue weighted by Gasteiger charge is 2.43. The van der Waals surface area contributed by atoms with Gasteiger partial charge < -0.3 is 9.47 Å². The molecule has 156 valence electrons. The van der Waals surface area contributed by atoms with Gasteiger partial charge >= 0.3 is 5.97 Å². The summed E-state index contributed by atoms with van der Waals surface area (Å²) in [5.74, 6) is 2.52. The van der Waals surface area contributed by atoms with Gasteiger partial charge in [0.05, 0.1) is 0 Å². The van der Waals surface area contributed by atoms with Crippen molar-refractivity contribution in [2.75, 3.05) is 0 Å². The maximum atomic E-state index is 12.6. The summed E-state index contributed by atoms with van der Waals surface area (Å²) in [5, 5.41) is 1.89. The van der Waals surface area contributed by atoms with E-state index < -0.39 is 0 Å². The summed E-state index contributed by atoms with van der Waals surface area (Å²) >= 11 is 0. The molecule has 2 aliphatic rings. The van der Waals surface area contributed by atoms with Crippen molar-refractivity contribution in [3.05, 3.63) is 89.0 Å². The number of hydrogen-bond donors (Lipinski definition) is 0. The molecule has 2 bridgehead atoms. The normalized spacial score (nSPS) is 18.6. The minimum absolute atomic E-state index is 0.266. The number of esters is 1. The van der Waals surface area contributed by atoms with Crippen molar-refractivity contribution in [2.24, 2.45) is 0 Å². The first-order chi connectivity index (χ1) is 15.0. The molecule has 31 heavy (non-hydrogen) atoms. The van der Waals surface area contributed by atoms with Crippen LogP contribution in [-0.2, 0) is 4.79 Å². The number of ether oxygens (including phenoxy) is 2. The zero-order valence-electron chi connectivity index (χ0n) is 18.2. The van der Waals surface area contributed by atoms with Crippen LogP contribution in [-0.4, -0.2) is 5.97 Å². The molecular formula is C28H26O3. The van der Waals surface area contributed by atoms with E-state index in [-0.39, 0.29) is 17.8 Å². The molecule has 3 aromatic rings. The third kappa shape index (κ3) is 3.16. The summed E-state index contributed by atoms with van der Waals surface area (Å²) < 4.78 is 12.5. The van der Waals surface area contributed by atoms with Gasteiger partial charge in [0.1, 0.15) is 17.2 Å². The van der Waals surface area contributed by atoms with E-state index in [1.165, 1.54) is 5.57 Å². The van der Waals surface area contributed by atoms with Gasteiger partial charge in [-0.3, -0.25) is 0 Å². The Morgan fingerprint density at radius 3 is 2.55 bits per heavy atom. The number of aryl methyl sites for hydroxylation is 1. The minimum atomic E-state index is -0.384. The lowest BCUT2D eigenvalue weighted by Crippen LogP contribution is -2.13. The molecule has 0 aliphatic heterocycles. The van der Waals surface area contributed by atoms with Crippen LogP contribution in [0.15, 0.2) is 72.3 Å². The van der Waals surface area contributed by atoms with E-state index in [0.29, 0.717) is 11.3 Å². The van der Waals surface area contributed by atoms with Crippen LogP contribution in [0.5, 0.6) is 17.2 Å². The Bertz CT molecular complexity index is 1250. The molecule has 3 aromatic carbocycles. The van der Waals surface area contributed by atoms with Crippen molar-refractivity contribution >= 4 is 16.7 Å². The molecule has 0 amide bonds. The average Bonchev–Trinajstić information content (AvgIpc) is 3.35. The second-order valence-electron chi connectivity index (χ2n) is 8.61. The fourth-order valence-corrected chi connectivity index (χ4v) is 5.02. The highest BCUT2D eigenvalue weighted by atomic mass is 16.5. The summed E-state index contributed by atoms with van der Waals surface area (Å²) in [5.41, 5.74) is 5.22. The van der Waals surface area contributed by atoms with Crippen LogP contribution in [0.3, 0.4) is 0 Å². The molecule has 0 N–H and O–H groups in total. The van der Waals surface area contributed by atoms with E-state index in [4.69, 9.17) is 9.47 Å². The van der Waals surface area contributed by atoms with E-state index in [2.05, 4.69) is 38.6 Å². The largest absolute Gasteiger partial charge is 0.456 e. The third-order valence-electron chi connectivity index (χ3n) is 6.43. The molecule has 2 aliphatic carbocycles. The van der Waals surface area contributed by atoms with E-state index in [0.717, 1.165) is 51.8 Å². The molecule has 0 saturated carbocycles. The predicted molar refractivity (Wildman–Crippen MR) is 124 cm³/mol. The second kappa shape index (κ2) is 7.42. The van der Waals surface area contributed by atoms with E-state index in [1.54, 1.807) is 6.92 Å². The number of para-hydroxylation sites is 1. The van der Waals surface area contributed by atoms with Gasteiger partial charge in [0.2, 0.25) is 0 Å². The third-order valence-corrected chi connectivity index (χ3v) is 6.43. The van der Waals surface area contributed by atoms with Gasteiger partial charge in [-0.1, -0.05) is 61.0 Å². The van der Waals surface area contributed by atoms with Gasteiger partial charge in [0.25, 0.3) is 0 Å². The lowest BCUT2D eigenvalue weighted by molar-refractivity contribution is -0.130. The van der Waals surface area contributed by atoms with E-state index in [9.17, 15) is 4.79 Å². The van der Waals surface area contributed by atoms with E-state index >= 15 is 0 Å². The van der Waals surface area contributed by atoms with Crippen LogP contribution < -0.4 is 9.47 Å². The molecular weight excluding hydrogens is 384 g/mol. The van der Waals surface area contributed by atoms with Crippen LogP contribution in [0.2, 0.25) is 0 Å². The fraction of sp³-hybridized carbons (Fsp3) is 0.250. The number of rotatable bonds is 5. The first kappa shape index (κ1) is 19.6. The monoisotopic (exact) mass is 410 g/mol. The minimum Gasteiger partial charge on any atom is -0.456 e. The second-order valence-corrected chi connectivity index (χ2v) is 8.61. The molecule has 0 saturated heterocycles. The topological polar surface area (TPSA) is 35.5 Å². The molecule has 0 heterocycles. The Morgan fingerprint density at radius 2 is 1.84 bits per heavy atom. The van der Waals surface area contributed by atoms with Crippen LogP contribution in [0.4, 0.5) is 0 Å². The molecule has 5 rings (SSSR count). The Morgan fingerprint density at radius 1 is 1.06 bits per heavy atom. The van der Waals surface area contributed by atoms with Crippen LogP contribution in [0.1, 0.15) is 55.2 Å². The van der Waals surface area contributed by atoms with Crippen molar-refractivity contribution < 1.29 is 14.3 Å². The Hall–Kier alpha value is -3.33. The average molecular weight is 411 g/mol. The zero-order chi connectivity index (χ0) is 21.7. The van der Waals surface area contributed by atoms with Crippen molar-refractivity contribution in [1.29, 1.82) is 0 Å². The number of benzene rings is 3. The molecule has 3 heteroatoms. The van der Waals surface area contributed by atoms with Gasteiger partial charge in [-0.2, -0.15) is 0 Å². The highest BCUT2D eigenvalue weighted by Crippen LogP contribution is 2.61. The zero-order valence-corrected chi connectivity index (χ0v) is 18.2. The predicted octanol–water partition coefficient (Wildman–Crippen LogP) is 7.34. The lowest BCUT2D eigenvalue weighted by Gasteiger charge is -2.25.